The Hall–Kier alpha value is -1.06. The third kappa shape index (κ3) is 1.96. The number of rotatable bonds is 3. The first-order valence-electron chi connectivity index (χ1n) is 3.99. The molecule has 0 saturated heterocycles. The predicted octanol–water partition coefficient (Wildman–Crippen LogP) is 0.741. The third-order valence-corrected chi connectivity index (χ3v) is 1.81. The summed E-state index contributed by atoms with van der Waals surface area (Å²) in [5.41, 5.74) is 11.9. The van der Waals surface area contributed by atoms with Crippen molar-refractivity contribution in [1.82, 2.24) is 0 Å². The van der Waals surface area contributed by atoms with Crippen molar-refractivity contribution in [1.29, 1.82) is 0 Å². The smallest absolute Gasteiger partial charge is 0.120 e. The van der Waals surface area contributed by atoms with Crippen LogP contribution in [0.1, 0.15) is 18.0 Å². The van der Waals surface area contributed by atoms with Gasteiger partial charge in [0.1, 0.15) is 5.75 Å². The maximum atomic E-state index is 9.39. The Labute approximate surface area is 72.0 Å². The highest BCUT2D eigenvalue weighted by atomic mass is 16.3. The largest absolute Gasteiger partial charge is 0.508 e. The van der Waals surface area contributed by atoms with E-state index < -0.39 is 0 Å². The predicted molar refractivity (Wildman–Crippen MR) is 48.7 cm³/mol. The molecule has 0 radical (unpaired) electrons. The van der Waals surface area contributed by atoms with E-state index >= 15 is 0 Å². The molecule has 1 rings (SSSR count). The van der Waals surface area contributed by atoms with Crippen molar-refractivity contribution in [3.8, 4) is 5.75 Å². The SMILES string of the molecule is NCC[C@H](N)c1ccccc1O. The summed E-state index contributed by atoms with van der Waals surface area (Å²) in [5.74, 6) is 0.249. The summed E-state index contributed by atoms with van der Waals surface area (Å²) in [4.78, 5) is 0. The van der Waals surface area contributed by atoms with Crippen LogP contribution in [-0.2, 0) is 0 Å². The zero-order chi connectivity index (χ0) is 8.97. The van der Waals surface area contributed by atoms with Gasteiger partial charge >= 0.3 is 0 Å². The molecule has 66 valence electrons. The molecular weight excluding hydrogens is 152 g/mol. The standard InChI is InChI=1S/C9H14N2O/c10-6-5-8(11)7-3-1-2-4-9(7)12/h1-4,8,12H,5-6,10-11H2/t8-/m0/s1. The Morgan fingerprint density at radius 1 is 1.33 bits per heavy atom. The summed E-state index contributed by atoms with van der Waals surface area (Å²) in [6, 6.07) is 6.91. The zero-order valence-electron chi connectivity index (χ0n) is 6.90. The van der Waals surface area contributed by atoms with Gasteiger partial charge in [0, 0.05) is 11.6 Å². The van der Waals surface area contributed by atoms with Crippen LogP contribution in [-0.4, -0.2) is 11.7 Å². The molecule has 0 bridgehead atoms. The second-order valence-electron chi connectivity index (χ2n) is 2.74. The summed E-state index contributed by atoms with van der Waals surface area (Å²) < 4.78 is 0. The first-order valence-corrected chi connectivity index (χ1v) is 3.99. The summed E-state index contributed by atoms with van der Waals surface area (Å²) in [5, 5.41) is 9.39. The molecule has 0 unspecified atom stereocenters. The molecule has 5 N–H and O–H groups in total. The van der Waals surface area contributed by atoms with E-state index in [1.807, 2.05) is 12.1 Å². The van der Waals surface area contributed by atoms with Gasteiger partial charge < -0.3 is 16.6 Å². The van der Waals surface area contributed by atoms with Gasteiger partial charge in [-0.05, 0) is 19.0 Å². The maximum Gasteiger partial charge on any atom is 0.120 e. The monoisotopic (exact) mass is 166 g/mol. The highest BCUT2D eigenvalue weighted by Crippen LogP contribution is 2.23. The molecule has 1 aromatic carbocycles. The van der Waals surface area contributed by atoms with Crippen molar-refractivity contribution in [2.45, 2.75) is 12.5 Å². The van der Waals surface area contributed by atoms with Gasteiger partial charge in [-0.3, -0.25) is 0 Å². The van der Waals surface area contributed by atoms with Gasteiger partial charge in [-0.15, -0.1) is 0 Å². The van der Waals surface area contributed by atoms with Crippen LogP contribution in [0.25, 0.3) is 0 Å². The van der Waals surface area contributed by atoms with E-state index in [0.717, 1.165) is 5.56 Å². The van der Waals surface area contributed by atoms with Crippen LogP contribution in [0.4, 0.5) is 0 Å². The van der Waals surface area contributed by atoms with E-state index in [2.05, 4.69) is 0 Å². The Bertz CT molecular complexity index is 250. The molecule has 0 saturated carbocycles. The van der Waals surface area contributed by atoms with Gasteiger partial charge in [0.25, 0.3) is 0 Å². The van der Waals surface area contributed by atoms with Gasteiger partial charge in [-0.1, -0.05) is 18.2 Å². The Morgan fingerprint density at radius 2 is 2.00 bits per heavy atom. The Kier molecular flexibility index (Phi) is 3.08. The molecule has 3 heteroatoms. The van der Waals surface area contributed by atoms with Crippen LogP contribution in [0, 0.1) is 0 Å². The van der Waals surface area contributed by atoms with Crippen LogP contribution in [0.3, 0.4) is 0 Å². The molecule has 0 aliphatic rings. The van der Waals surface area contributed by atoms with Gasteiger partial charge in [-0.2, -0.15) is 0 Å². The highest BCUT2D eigenvalue weighted by molar-refractivity contribution is 5.34. The second kappa shape index (κ2) is 4.09. The molecular formula is C9H14N2O. The van der Waals surface area contributed by atoms with Crippen molar-refractivity contribution < 1.29 is 5.11 Å². The molecule has 1 aromatic rings. The lowest BCUT2D eigenvalue weighted by molar-refractivity contribution is 0.459. The van der Waals surface area contributed by atoms with Gasteiger partial charge in [0.2, 0.25) is 0 Å². The van der Waals surface area contributed by atoms with Crippen LogP contribution in [0.2, 0.25) is 0 Å². The van der Waals surface area contributed by atoms with Crippen LogP contribution in [0.15, 0.2) is 24.3 Å². The highest BCUT2D eigenvalue weighted by Gasteiger charge is 2.07. The van der Waals surface area contributed by atoms with E-state index in [9.17, 15) is 5.11 Å². The van der Waals surface area contributed by atoms with Crippen molar-refractivity contribution in [2.75, 3.05) is 6.54 Å². The summed E-state index contributed by atoms with van der Waals surface area (Å²) in [6.07, 6.45) is 0.692. The Balaban J connectivity index is 2.79. The number of nitrogens with two attached hydrogens (primary N) is 2. The molecule has 12 heavy (non-hydrogen) atoms. The first-order chi connectivity index (χ1) is 5.75. The molecule has 3 nitrogen and oxygen atoms in total. The Morgan fingerprint density at radius 3 is 2.58 bits per heavy atom. The van der Waals surface area contributed by atoms with E-state index in [1.54, 1.807) is 12.1 Å². The average molecular weight is 166 g/mol. The molecule has 0 spiro atoms. The zero-order valence-corrected chi connectivity index (χ0v) is 6.90. The average Bonchev–Trinajstić information content (AvgIpc) is 2.05. The number of para-hydroxylation sites is 1. The fraction of sp³-hybridized carbons (Fsp3) is 0.333. The van der Waals surface area contributed by atoms with Crippen LogP contribution >= 0.6 is 0 Å². The second-order valence-corrected chi connectivity index (χ2v) is 2.74. The fourth-order valence-corrected chi connectivity index (χ4v) is 1.14. The number of phenolic OH excluding ortho intramolecular Hbond substituents is 1. The summed E-state index contributed by atoms with van der Waals surface area (Å²) >= 11 is 0. The molecule has 0 heterocycles. The van der Waals surface area contributed by atoms with Gasteiger partial charge in [0.15, 0.2) is 0 Å². The molecule has 0 fully saturated rings. The lowest BCUT2D eigenvalue weighted by atomic mass is 10.0. The molecule has 0 amide bonds. The lowest BCUT2D eigenvalue weighted by Crippen LogP contribution is -2.15. The van der Waals surface area contributed by atoms with Gasteiger partial charge in [0.05, 0.1) is 0 Å². The van der Waals surface area contributed by atoms with Crippen molar-refractivity contribution in [3.63, 3.8) is 0 Å². The van der Waals surface area contributed by atoms with Crippen molar-refractivity contribution >= 4 is 0 Å². The summed E-state index contributed by atoms with van der Waals surface area (Å²) in [7, 11) is 0. The number of benzene rings is 1. The fourth-order valence-electron chi connectivity index (χ4n) is 1.14. The first kappa shape index (κ1) is 9.03. The topological polar surface area (TPSA) is 72.3 Å². The maximum absolute atomic E-state index is 9.39. The van der Waals surface area contributed by atoms with Crippen LogP contribution in [0.5, 0.6) is 5.75 Å². The lowest BCUT2D eigenvalue weighted by Gasteiger charge is -2.11. The van der Waals surface area contributed by atoms with Crippen molar-refractivity contribution in [3.05, 3.63) is 29.8 Å². The number of hydrogen-bond donors (Lipinski definition) is 3. The molecule has 1 atom stereocenters. The number of hydrogen-bond acceptors (Lipinski definition) is 3. The normalized spacial score (nSPS) is 12.8. The minimum Gasteiger partial charge on any atom is -0.508 e. The minimum absolute atomic E-state index is 0.156. The summed E-state index contributed by atoms with van der Waals surface area (Å²) in [6.45, 7) is 0.537. The number of phenols is 1. The number of aromatic hydroxyl groups is 1. The minimum atomic E-state index is -0.156. The van der Waals surface area contributed by atoms with Gasteiger partial charge in [-0.25, -0.2) is 0 Å². The van der Waals surface area contributed by atoms with E-state index in [1.165, 1.54) is 0 Å². The van der Waals surface area contributed by atoms with E-state index in [4.69, 9.17) is 11.5 Å². The molecule has 0 aromatic heterocycles. The molecule has 0 aliphatic heterocycles. The van der Waals surface area contributed by atoms with E-state index in [0.29, 0.717) is 13.0 Å². The quantitative estimate of drug-likeness (QED) is 0.620. The van der Waals surface area contributed by atoms with Crippen molar-refractivity contribution in [2.24, 2.45) is 11.5 Å². The van der Waals surface area contributed by atoms with E-state index in [-0.39, 0.29) is 11.8 Å². The third-order valence-electron chi connectivity index (χ3n) is 1.81. The molecule has 0 aliphatic carbocycles. The van der Waals surface area contributed by atoms with Crippen LogP contribution < -0.4 is 11.5 Å².